The van der Waals surface area contributed by atoms with Crippen molar-refractivity contribution in [2.75, 3.05) is 26.2 Å². The molecule has 1 aromatic heterocycles. The molecule has 0 saturated carbocycles. The summed E-state index contributed by atoms with van der Waals surface area (Å²) in [5, 5.41) is 2.99. The lowest BCUT2D eigenvalue weighted by atomic mass is 9.92. The second-order valence-corrected chi connectivity index (χ2v) is 6.20. The highest BCUT2D eigenvalue weighted by molar-refractivity contribution is 5.94. The van der Waals surface area contributed by atoms with Gasteiger partial charge in [0.15, 0.2) is 0 Å². The number of nitrogens with zero attached hydrogens (tertiary/aromatic N) is 3. The maximum absolute atomic E-state index is 12.2. The molecule has 2 heterocycles. The molecule has 116 valence electrons. The summed E-state index contributed by atoms with van der Waals surface area (Å²) in [5.74, 6) is 1.43. The lowest BCUT2D eigenvalue weighted by Crippen LogP contribution is -2.43. The zero-order valence-electron chi connectivity index (χ0n) is 13.3. The van der Waals surface area contributed by atoms with E-state index in [1.54, 1.807) is 6.20 Å². The van der Waals surface area contributed by atoms with Crippen LogP contribution in [0.1, 0.15) is 43.2 Å². The fraction of sp³-hybridized carbons (Fsp3) is 0.688. The summed E-state index contributed by atoms with van der Waals surface area (Å²) in [6.45, 7) is 10.5. The van der Waals surface area contributed by atoms with E-state index in [1.165, 1.54) is 12.7 Å². The number of hydrogen-bond acceptors (Lipinski definition) is 4. The van der Waals surface area contributed by atoms with Crippen molar-refractivity contribution in [1.82, 2.24) is 20.2 Å². The van der Waals surface area contributed by atoms with E-state index in [2.05, 4.69) is 34.0 Å². The van der Waals surface area contributed by atoms with Crippen LogP contribution in [-0.2, 0) is 6.42 Å². The summed E-state index contributed by atoms with van der Waals surface area (Å²) in [5.41, 5.74) is 1.41. The van der Waals surface area contributed by atoms with Crippen molar-refractivity contribution in [3.05, 3.63) is 23.8 Å². The predicted octanol–water partition coefficient (Wildman–Crippen LogP) is 1.75. The first-order valence-electron chi connectivity index (χ1n) is 7.89. The Bertz CT molecular complexity index is 467. The molecule has 0 bridgehead atoms. The summed E-state index contributed by atoms with van der Waals surface area (Å²) < 4.78 is 0. The van der Waals surface area contributed by atoms with Crippen LogP contribution in [0.5, 0.6) is 0 Å². The zero-order chi connectivity index (χ0) is 15.2. The minimum atomic E-state index is -0.0643. The average molecular weight is 290 g/mol. The first-order valence-corrected chi connectivity index (χ1v) is 7.89. The molecule has 1 amide bonds. The maximum atomic E-state index is 12.2. The summed E-state index contributed by atoms with van der Waals surface area (Å²) in [4.78, 5) is 22.7. The Morgan fingerprint density at radius 1 is 1.38 bits per heavy atom. The van der Waals surface area contributed by atoms with E-state index in [1.807, 2.05) is 6.92 Å². The highest BCUT2D eigenvalue weighted by atomic mass is 16.1. The highest BCUT2D eigenvalue weighted by Gasteiger charge is 2.21. The molecule has 0 unspecified atom stereocenters. The van der Waals surface area contributed by atoms with Crippen molar-refractivity contribution < 1.29 is 4.79 Å². The molecule has 1 saturated heterocycles. The summed E-state index contributed by atoms with van der Waals surface area (Å²) in [6, 6.07) is 0. The molecule has 1 aromatic rings. The molecule has 0 aliphatic carbocycles. The molecule has 0 aromatic carbocycles. The van der Waals surface area contributed by atoms with Crippen LogP contribution in [-0.4, -0.2) is 47.0 Å². The van der Waals surface area contributed by atoms with Gasteiger partial charge in [0.1, 0.15) is 6.33 Å². The second-order valence-electron chi connectivity index (χ2n) is 6.20. The van der Waals surface area contributed by atoms with E-state index in [0.29, 0.717) is 12.1 Å². The Kier molecular flexibility index (Phi) is 5.67. The number of aryl methyl sites for hydroxylation is 1. The monoisotopic (exact) mass is 290 g/mol. The Hall–Kier alpha value is -1.49. The quantitative estimate of drug-likeness (QED) is 0.897. The molecule has 1 aliphatic rings. The summed E-state index contributed by atoms with van der Waals surface area (Å²) in [7, 11) is 0. The van der Waals surface area contributed by atoms with Crippen LogP contribution in [0.2, 0.25) is 0 Å². The van der Waals surface area contributed by atoms with Crippen molar-refractivity contribution in [2.24, 2.45) is 11.8 Å². The standard InChI is InChI=1S/C16H26N4O/c1-4-15-14(8-17-11-19-15)16(21)18-5-6-20-9-12(2)7-13(3)10-20/h8,11-13H,4-7,9-10H2,1-3H3,(H,18,21)/t12-,13+. The lowest BCUT2D eigenvalue weighted by molar-refractivity contribution is 0.0935. The van der Waals surface area contributed by atoms with Gasteiger partial charge in [-0.05, 0) is 24.7 Å². The van der Waals surface area contributed by atoms with Crippen LogP contribution in [0, 0.1) is 11.8 Å². The SMILES string of the molecule is CCc1ncncc1C(=O)NCCN1C[C@H](C)C[C@H](C)C1. The molecular formula is C16H26N4O. The third-order valence-corrected chi connectivity index (χ3v) is 4.03. The number of piperidine rings is 1. The first kappa shape index (κ1) is 15.9. The van der Waals surface area contributed by atoms with Crippen molar-refractivity contribution >= 4 is 5.91 Å². The number of amides is 1. The van der Waals surface area contributed by atoms with Gasteiger partial charge in [-0.3, -0.25) is 4.79 Å². The Morgan fingerprint density at radius 2 is 2.10 bits per heavy atom. The smallest absolute Gasteiger partial charge is 0.254 e. The lowest BCUT2D eigenvalue weighted by Gasteiger charge is -2.34. The van der Waals surface area contributed by atoms with Crippen molar-refractivity contribution in [2.45, 2.75) is 33.6 Å². The van der Waals surface area contributed by atoms with Crippen LogP contribution in [0.25, 0.3) is 0 Å². The zero-order valence-corrected chi connectivity index (χ0v) is 13.3. The van der Waals surface area contributed by atoms with Crippen LogP contribution in [0.4, 0.5) is 0 Å². The van der Waals surface area contributed by atoms with Gasteiger partial charge < -0.3 is 10.2 Å². The van der Waals surface area contributed by atoms with Crippen molar-refractivity contribution in [3.8, 4) is 0 Å². The Balaban J connectivity index is 1.81. The molecule has 2 rings (SSSR count). The molecule has 0 spiro atoms. The van der Waals surface area contributed by atoms with Gasteiger partial charge in [0.2, 0.25) is 0 Å². The second kappa shape index (κ2) is 7.50. The number of carbonyl (C=O) groups excluding carboxylic acids is 1. The van der Waals surface area contributed by atoms with E-state index in [0.717, 1.165) is 43.6 Å². The largest absolute Gasteiger partial charge is 0.351 e. The molecule has 21 heavy (non-hydrogen) atoms. The third kappa shape index (κ3) is 4.49. The fourth-order valence-corrected chi connectivity index (χ4v) is 3.22. The minimum Gasteiger partial charge on any atom is -0.351 e. The number of rotatable bonds is 5. The van der Waals surface area contributed by atoms with Crippen LogP contribution < -0.4 is 5.32 Å². The number of aromatic nitrogens is 2. The molecule has 1 N–H and O–H groups in total. The normalized spacial score (nSPS) is 23.0. The van der Waals surface area contributed by atoms with Crippen molar-refractivity contribution in [1.29, 1.82) is 0 Å². The Labute approximate surface area is 127 Å². The Morgan fingerprint density at radius 3 is 2.76 bits per heavy atom. The highest BCUT2D eigenvalue weighted by Crippen LogP contribution is 2.20. The van der Waals surface area contributed by atoms with Crippen LogP contribution in [0.3, 0.4) is 0 Å². The number of hydrogen-bond donors (Lipinski definition) is 1. The van der Waals surface area contributed by atoms with Gasteiger partial charge in [0.25, 0.3) is 5.91 Å². The molecule has 1 aliphatic heterocycles. The van der Waals surface area contributed by atoms with Crippen LogP contribution in [0.15, 0.2) is 12.5 Å². The number of nitrogens with one attached hydrogen (secondary N) is 1. The van der Waals surface area contributed by atoms with Gasteiger partial charge in [-0.25, -0.2) is 9.97 Å². The fourth-order valence-electron chi connectivity index (χ4n) is 3.22. The summed E-state index contributed by atoms with van der Waals surface area (Å²) in [6.07, 6.45) is 5.15. The topological polar surface area (TPSA) is 58.1 Å². The van der Waals surface area contributed by atoms with Crippen molar-refractivity contribution in [3.63, 3.8) is 0 Å². The molecule has 1 fully saturated rings. The molecule has 2 atom stereocenters. The van der Waals surface area contributed by atoms with Crippen LogP contribution >= 0.6 is 0 Å². The van der Waals surface area contributed by atoms with E-state index in [-0.39, 0.29) is 5.91 Å². The van der Waals surface area contributed by atoms with Gasteiger partial charge in [-0.2, -0.15) is 0 Å². The molecule has 0 radical (unpaired) electrons. The van der Waals surface area contributed by atoms with E-state index >= 15 is 0 Å². The van der Waals surface area contributed by atoms with Gasteiger partial charge >= 0.3 is 0 Å². The van der Waals surface area contributed by atoms with Gasteiger partial charge in [-0.1, -0.05) is 20.8 Å². The van der Waals surface area contributed by atoms with E-state index in [9.17, 15) is 4.79 Å². The molecule has 5 nitrogen and oxygen atoms in total. The molecule has 5 heteroatoms. The molecular weight excluding hydrogens is 264 g/mol. The van der Waals surface area contributed by atoms with E-state index < -0.39 is 0 Å². The van der Waals surface area contributed by atoms with E-state index in [4.69, 9.17) is 0 Å². The number of likely N-dealkylation sites (tertiary alicyclic amines) is 1. The van der Waals surface area contributed by atoms with Gasteiger partial charge in [-0.15, -0.1) is 0 Å². The van der Waals surface area contributed by atoms with Gasteiger partial charge in [0.05, 0.1) is 11.3 Å². The first-order chi connectivity index (χ1) is 10.1. The number of carbonyl (C=O) groups is 1. The third-order valence-electron chi connectivity index (χ3n) is 4.03. The minimum absolute atomic E-state index is 0.0643. The average Bonchev–Trinajstić information content (AvgIpc) is 2.46. The van der Waals surface area contributed by atoms with Gasteiger partial charge in [0, 0.05) is 32.4 Å². The maximum Gasteiger partial charge on any atom is 0.254 e. The summed E-state index contributed by atoms with van der Waals surface area (Å²) >= 11 is 0. The predicted molar refractivity (Wildman–Crippen MR) is 83.1 cm³/mol.